The molecule has 0 nitrogen and oxygen atoms in total. The van der Waals surface area contributed by atoms with Crippen molar-refractivity contribution in [1.29, 1.82) is 0 Å². The minimum absolute atomic E-state index is 0.303. The van der Waals surface area contributed by atoms with Crippen molar-refractivity contribution >= 4 is 0 Å². The zero-order valence-electron chi connectivity index (χ0n) is 11.4. The molecule has 0 bridgehead atoms. The van der Waals surface area contributed by atoms with Gasteiger partial charge >= 0.3 is 0 Å². The number of halogens is 2. The summed E-state index contributed by atoms with van der Waals surface area (Å²) in [5.41, 5.74) is 0.303. The summed E-state index contributed by atoms with van der Waals surface area (Å²) in [4.78, 5) is 0. The van der Waals surface area contributed by atoms with Crippen LogP contribution in [0.25, 0.3) is 0 Å². The summed E-state index contributed by atoms with van der Waals surface area (Å²) in [6.45, 7) is 2.23. The van der Waals surface area contributed by atoms with Crippen LogP contribution in [-0.2, 0) is 0 Å². The fourth-order valence-corrected chi connectivity index (χ4v) is 2.77. The second-order valence-electron chi connectivity index (χ2n) is 5.40. The lowest BCUT2D eigenvalue weighted by Gasteiger charge is -2.25. The third-order valence-corrected chi connectivity index (χ3v) is 3.89. The Bertz CT molecular complexity index is 474. The molecule has 0 amide bonds. The summed E-state index contributed by atoms with van der Waals surface area (Å²) in [6, 6.07) is 3.56. The molecule has 0 N–H and O–H groups in total. The summed E-state index contributed by atoms with van der Waals surface area (Å²) < 4.78 is 26.2. The summed E-state index contributed by atoms with van der Waals surface area (Å²) in [5.74, 6) is 6.12. The Hall–Kier alpha value is -1.36. The molecule has 0 saturated heterocycles. The van der Waals surface area contributed by atoms with Gasteiger partial charge in [0.25, 0.3) is 0 Å². The average molecular weight is 262 g/mol. The molecule has 1 aromatic rings. The highest BCUT2D eigenvalue weighted by Crippen LogP contribution is 2.31. The largest absolute Gasteiger partial charge is 0.207 e. The maximum atomic E-state index is 13.4. The molecule has 1 aromatic carbocycles. The van der Waals surface area contributed by atoms with Gasteiger partial charge in [-0.15, -0.1) is 0 Å². The topological polar surface area (TPSA) is 0 Å². The van der Waals surface area contributed by atoms with E-state index in [2.05, 4.69) is 18.8 Å². The second-order valence-corrected chi connectivity index (χ2v) is 5.40. The number of hydrogen-bond acceptors (Lipinski definition) is 0. The number of benzene rings is 1. The van der Waals surface area contributed by atoms with Crippen molar-refractivity contribution < 1.29 is 8.78 Å². The standard InChI is InChI=1S/C17H20F2/c1-2-3-13-4-6-14(7-5-13)8-9-15-10-11-16(18)12-17(15)19/h10-14H,2-7H2,1H3. The van der Waals surface area contributed by atoms with E-state index in [9.17, 15) is 8.78 Å². The highest BCUT2D eigenvalue weighted by Gasteiger charge is 2.18. The van der Waals surface area contributed by atoms with Gasteiger partial charge in [-0.05, 0) is 43.7 Å². The van der Waals surface area contributed by atoms with Gasteiger partial charge in [-0.25, -0.2) is 8.78 Å². The van der Waals surface area contributed by atoms with E-state index >= 15 is 0 Å². The van der Waals surface area contributed by atoms with Crippen molar-refractivity contribution in [2.45, 2.75) is 45.4 Å². The Kier molecular flexibility index (Phi) is 4.96. The molecule has 0 aliphatic heterocycles. The predicted molar refractivity (Wildman–Crippen MR) is 73.6 cm³/mol. The van der Waals surface area contributed by atoms with Crippen LogP contribution in [0.4, 0.5) is 8.78 Å². The SMILES string of the molecule is CCCC1CCC(C#Cc2ccc(F)cc2F)CC1. The monoisotopic (exact) mass is 262 g/mol. The predicted octanol–water partition coefficient (Wildman–Crippen LogP) is 4.92. The highest BCUT2D eigenvalue weighted by atomic mass is 19.1. The van der Waals surface area contributed by atoms with E-state index in [1.165, 1.54) is 37.8 Å². The van der Waals surface area contributed by atoms with Gasteiger partial charge in [0.2, 0.25) is 0 Å². The molecule has 0 unspecified atom stereocenters. The van der Waals surface area contributed by atoms with Crippen molar-refractivity contribution in [3.63, 3.8) is 0 Å². The lowest BCUT2D eigenvalue weighted by atomic mass is 9.80. The molecule has 0 heterocycles. The molecule has 1 fully saturated rings. The molecule has 1 saturated carbocycles. The van der Waals surface area contributed by atoms with Crippen molar-refractivity contribution in [2.24, 2.45) is 11.8 Å². The average Bonchev–Trinajstić information content (AvgIpc) is 2.40. The first-order valence-corrected chi connectivity index (χ1v) is 7.15. The summed E-state index contributed by atoms with van der Waals surface area (Å²) in [5, 5.41) is 0. The lowest BCUT2D eigenvalue weighted by Crippen LogP contribution is -2.13. The zero-order chi connectivity index (χ0) is 13.7. The van der Waals surface area contributed by atoms with Crippen LogP contribution in [0.5, 0.6) is 0 Å². The molecule has 19 heavy (non-hydrogen) atoms. The fraction of sp³-hybridized carbons (Fsp3) is 0.529. The Morgan fingerprint density at radius 1 is 1.16 bits per heavy atom. The van der Waals surface area contributed by atoms with E-state index < -0.39 is 11.6 Å². The van der Waals surface area contributed by atoms with E-state index in [1.54, 1.807) is 0 Å². The molecule has 0 radical (unpaired) electrons. The lowest BCUT2D eigenvalue weighted by molar-refractivity contribution is 0.300. The molecule has 0 spiro atoms. The third-order valence-electron chi connectivity index (χ3n) is 3.89. The number of rotatable bonds is 2. The molecule has 2 heteroatoms. The van der Waals surface area contributed by atoms with Gasteiger partial charge in [0, 0.05) is 12.0 Å². The van der Waals surface area contributed by atoms with Crippen LogP contribution in [0.3, 0.4) is 0 Å². The first kappa shape index (κ1) is 14.1. The third kappa shape index (κ3) is 4.06. The van der Waals surface area contributed by atoms with Gasteiger partial charge in [0.1, 0.15) is 11.6 Å². The molecular formula is C17H20F2. The van der Waals surface area contributed by atoms with Gasteiger partial charge < -0.3 is 0 Å². The van der Waals surface area contributed by atoms with Crippen LogP contribution in [0.15, 0.2) is 18.2 Å². The highest BCUT2D eigenvalue weighted by molar-refractivity contribution is 5.36. The Morgan fingerprint density at radius 3 is 2.53 bits per heavy atom. The van der Waals surface area contributed by atoms with Crippen molar-refractivity contribution in [2.75, 3.05) is 0 Å². The van der Waals surface area contributed by atoms with E-state index in [-0.39, 0.29) is 0 Å². The second kappa shape index (κ2) is 6.70. The quantitative estimate of drug-likeness (QED) is 0.663. The van der Waals surface area contributed by atoms with Crippen LogP contribution >= 0.6 is 0 Å². The van der Waals surface area contributed by atoms with Crippen molar-refractivity contribution in [3.8, 4) is 11.8 Å². The van der Waals surface area contributed by atoms with Gasteiger partial charge in [-0.2, -0.15) is 0 Å². The normalized spacial score (nSPS) is 22.7. The Balaban J connectivity index is 1.94. The number of hydrogen-bond donors (Lipinski definition) is 0. The van der Waals surface area contributed by atoms with E-state index in [0.717, 1.165) is 24.8 Å². The molecule has 102 valence electrons. The maximum absolute atomic E-state index is 13.4. The zero-order valence-corrected chi connectivity index (χ0v) is 11.4. The van der Waals surface area contributed by atoms with Crippen LogP contribution in [-0.4, -0.2) is 0 Å². The molecule has 1 aliphatic rings. The minimum atomic E-state index is -0.563. The van der Waals surface area contributed by atoms with Crippen LogP contribution in [0, 0.1) is 35.3 Å². The molecule has 0 aromatic heterocycles. The summed E-state index contributed by atoms with van der Waals surface area (Å²) in [6.07, 6.45) is 7.26. The first-order valence-electron chi connectivity index (χ1n) is 7.15. The van der Waals surface area contributed by atoms with Gasteiger partial charge in [0.05, 0.1) is 5.56 Å². The van der Waals surface area contributed by atoms with E-state index in [1.807, 2.05) is 0 Å². The van der Waals surface area contributed by atoms with E-state index in [0.29, 0.717) is 11.5 Å². The fourth-order valence-electron chi connectivity index (χ4n) is 2.77. The van der Waals surface area contributed by atoms with Gasteiger partial charge in [0.15, 0.2) is 0 Å². The van der Waals surface area contributed by atoms with Crippen LogP contribution < -0.4 is 0 Å². The molecule has 1 aliphatic carbocycles. The molecule has 2 rings (SSSR count). The maximum Gasteiger partial charge on any atom is 0.141 e. The Morgan fingerprint density at radius 2 is 1.89 bits per heavy atom. The smallest absolute Gasteiger partial charge is 0.141 e. The molecular weight excluding hydrogens is 242 g/mol. The minimum Gasteiger partial charge on any atom is -0.207 e. The van der Waals surface area contributed by atoms with Crippen molar-refractivity contribution in [1.82, 2.24) is 0 Å². The van der Waals surface area contributed by atoms with E-state index in [4.69, 9.17) is 0 Å². The first-order chi connectivity index (χ1) is 9.19. The van der Waals surface area contributed by atoms with Crippen molar-refractivity contribution in [3.05, 3.63) is 35.4 Å². The van der Waals surface area contributed by atoms with Crippen LogP contribution in [0.1, 0.15) is 51.0 Å². The summed E-state index contributed by atoms with van der Waals surface area (Å²) in [7, 11) is 0. The Labute approximate surface area is 114 Å². The van der Waals surface area contributed by atoms with Gasteiger partial charge in [-0.1, -0.05) is 31.6 Å². The molecule has 0 atom stereocenters. The summed E-state index contributed by atoms with van der Waals surface area (Å²) >= 11 is 0. The van der Waals surface area contributed by atoms with Crippen LogP contribution in [0.2, 0.25) is 0 Å². The van der Waals surface area contributed by atoms with Gasteiger partial charge in [-0.3, -0.25) is 0 Å².